The molecule has 0 aliphatic carbocycles. The third kappa shape index (κ3) is 4.52. The lowest BCUT2D eigenvalue weighted by atomic mass is 9.98. The fourth-order valence-corrected chi connectivity index (χ4v) is 3.90. The summed E-state index contributed by atoms with van der Waals surface area (Å²) < 4.78 is 5.12. The van der Waals surface area contributed by atoms with Crippen molar-refractivity contribution in [2.75, 3.05) is 12.0 Å². The molecular weight excluding hydrogens is 422 g/mol. The van der Waals surface area contributed by atoms with E-state index in [1.807, 2.05) is 38.1 Å². The highest BCUT2D eigenvalue weighted by molar-refractivity contribution is 6.22. The summed E-state index contributed by atoms with van der Waals surface area (Å²) in [5, 5.41) is 5.62. The number of amides is 4. The number of para-hydroxylation sites is 2. The van der Waals surface area contributed by atoms with Crippen molar-refractivity contribution in [3.05, 3.63) is 54.4 Å². The van der Waals surface area contributed by atoms with Crippen LogP contribution in [-0.2, 0) is 9.59 Å². The van der Waals surface area contributed by atoms with Gasteiger partial charge in [0.05, 0.1) is 36.3 Å². The van der Waals surface area contributed by atoms with Crippen LogP contribution >= 0.6 is 0 Å². The van der Waals surface area contributed by atoms with E-state index in [1.54, 1.807) is 24.3 Å². The molecule has 1 saturated heterocycles. The second-order valence-electron chi connectivity index (χ2n) is 8.15. The molecule has 3 N–H and O–H groups in total. The van der Waals surface area contributed by atoms with E-state index in [1.165, 1.54) is 7.11 Å². The third-order valence-corrected chi connectivity index (χ3v) is 5.97. The number of benzene rings is 2. The maximum atomic E-state index is 12.9. The van der Waals surface area contributed by atoms with E-state index in [4.69, 9.17) is 4.74 Å². The van der Waals surface area contributed by atoms with Gasteiger partial charge in [-0.15, -0.1) is 0 Å². The molecule has 172 valence electrons. The summed E-state index contributed by atoms with van der Waals surface area (Å²) in [5.41, 5.74) is 2.13. The molecule has 0 unspecified atom stereocenters. The van der Waals surface area contributed by atoms with E-state index in [2.05, 4.69) is 20.6 Å². The number of imidazole rings is 1. The monoisotopic (exact) mass is 449 g/mol. The zero-order valence-corrected chi connectivity index (χ0v) is 18.8. The van der Waals surface area contributed by atoms with Gasteiger partial charge in [-0.3, -0.25) is 9.59 Å². The highest BCUT2D eigenvalue weighted by atomic mass is 16.5. The molecule has 4 amide bonds. The molecule has 3 atom stereocenters. The average Bonchev–Trinajstić information content (AvgIpc) is 3.37. The standard InChI is InChI=1S/C24H27N5O4/c1-4-14(2)21(22-25-17-7-5-6-8-18(17)26-22)28-20(30)13-19-23(31)29(24(32)27-19)15-9-11-16(33-3)12-10-15/h5-12,14,19,21H,4,13H2,1-3H3,(H,25,26)(H,27,32)(H,28,30)/t14-,19-,21-/m0/s1. The normalized spacial score (nSPS) is 17.7. The Bertz CT molecular complexity index is 1140. The number of urea groups is 1. The maximum absolute atomic E-state index is 12.9. The van der Waals surface area contributed by atoms with Gasteiger partial charge in [0.1, 0.15) is 17.6 Å². The van der Waals surface area contributed by atoms with Crippen LogP contribution in [0.15, 0.2) is 48.5 Å². The molecule has 1 fully saturated rings. The molecule has 3 aromatic rings. The third-order valence-electron chi connectivity index (χ3n) is 5.97. The number of hydrogen-bond acceptors (Lipinski definition) is 5. The lowest BCUT2D eigenvalue weighted by Crippen LogP contribution is -2.39. The van der Waals surface area contributed by atoms with Crippen LogP contribution in [0, 0.1) is 5.92 Å². The summed E-state index contributed by atoms with van der Waals surface area (Å²) in [5.74, 6) is 0.586. The van der Waals surface area contributed by atoms with Gasteiger partial charge in [0.25, 0.3) is 5.91 Å². The number of rotatable bonds is 8. The summed E-state index contributed by atoms with van der Waals surface area (Å²) in [7, 11) is 1.54. The molecule has 0 radical (unpaired) electrons. The molecule has 0 spiro atoms. The molecule has 33 heavy (non-hydrogen) atoms. The van der Waals surface area contributed by atoms with Crippen LogP contribution in [0.5, 0.6) is 5.75 Å². The fourth-order valence-electron chi connectivity index (χ4n) is 3.90. The number of fused-ring (bicyclic) bond motifs is 1. The van der Waals surface area contributed by atoms with Crippen molar-refractivity contribution in [1.29, 1.82) is 0 Å². The quantitative estimate of drug-likeness (QED) is 0.456. The Balaban J connectivity index is 1.47. The molecule has 0 bridgehead atoms. The lowest BCUT2D eigenvalue weighted by molar-refractivity contribution is -0.126. The molecule has 1 aliphatic rings. The maximum Gasteiger partial charge on any atom is 0.329 e. The van der Waals surface area contributed by atoms with Gasteiger partial charge in [0, 0.05) is 0 Å². The van der Waals surface area contributed by atoms with E-state index in [0.717, 1.165) is 22.4 Å². The van der Waals surface area contributed by atoms with Gasteiger partial charge in [0.15, 0.2) is 0 Å². The van der Waals surface area contributed by atoms with Gasteiger partial charge in [-0.25, -0.2) is 14.7 Å². The first-order chi connectivity index (χ1) is 15.9. The van der Waals surface area contributed by atoms with Crippen molar-refractivity contribution in [3.8, 4) is 5.75 Å². The largest absolute Gasteiger partial charge is 0.497 e. The molecule has 9 heteroatoms. The fraction of sp³-hybridized carbons (Fsp3) is 0.333. The zero-order chi connectivity index (χ0) is 23.5. The number of nitrogens with one attached hydrogen (secondary N) is 3. The number of hydrogen-bond donors (Lipinski definition) is 3. The second-order valence-corrected chi connectivity index (χ2v) is 8.15. The first-order valence-corrected chi connectivity index (χ1v) is 10.9. The number of carbonyl (C=O) groups is 3. The number of anilines is 1. The number of nitrogens with zero attached hydrogens (tertiary/aromatic N) is 2. The SMILES string of the molecule is CC[C@H](C)[C@H](NC(=O)C[C@@H]1NC(=O)N(c2ccc(OC)cc2)C1=O)c1nc2ccccc2[nH]1. The average molecular weight is 450 g/mol. The van der Waals surface area contributed by atoms with Crippen molar-refractivity contribution in [3.63, 3.8) is 0 Å². The molecule has 1 aliphatic heterocycles. The minimum Gasteiger partial charge on any atom is -0.497 e. The summed E-state index contributed by atoms with van der Waals surface area (Å²) >= 11 is 0. The summed E-state index contributed by atoms with van der Waals surface area (Å²) in [6.07, 6.45) is 0.663. The predicted molar refractivity (Wildman–Crippen MR) is 124 cm³/mol. The highest BCUT2D eigenvalue weighted by Crippen LogP contribution is 2.26. The Hall–Kier alpha value is -3.88. The molecular formula is C24H27N5O4. The topological polar surface area (TPSA) is 116 Å². The van der Waals surface area contributed by atoms with Crippen molar-refractivity contribution in [1.82, 2.24) is 20.6 Å². The Morgan fingerprint density at radius 1 is 1.18 bits per heavy atom. The Morgan fingerprint density at radius 3 is 2.58 bits per heavy atom. The van der Waals surface area contributed by atoms with Crippen LogP contribution in [0.25, 0.3) is 11.0 Å². The van der Waals surface area contributed by atoms with Crippen LogP contribution in [0.2, 0.25) is 0 Å². The number of methoxy groups -OCH3 is 1. The second kappa shape index (κ2) is 9.32. The molecule has 1 aromatic heterocycles. The van der Waals surface area contributed by atoms with Gasteiger partial charge in [0.2, 0.25) is 5.91 Å². The van der Waals surface area contributed by atoms with Gasteiger partial charge < -0.3 is 20.4 Å². The number of carbonyl (C=O) groups excluding carboxylic acids is 3. The van der Waals surface area contributed by atoms with Gasteiger partial charge >= 0.3 is 6.03 Å². The molecule has 9 nitrogen and oxygen atoms in total. The van der Waals surface area contributed by atoms with Crippen LogP contribution in [-0.4, -0.2) is 41.0 Å². The van der Waals surface area contributed by atoms with Crippen LogP contribution < -0.4 is 20.3 Å². The molecule has 0 saturated carbocycles. The zero-order valence-electron chi connectivity index (χ0n) is 18.8. The van der Waals surface area contributed by atoms with Crippen LogP contribution in [0.4, 0.5) is 10.5 Å². The van der Waals surface area contributed by atoms with Crippen molar-refractivity contribution in [2.45, 2.75) is 38.8 Å². The molecule has 2 aromatic carbocycles. The summed E-state index contributed by atoms with van der Waals surface area (Å²) in [6, 6.07) is 12.4. The highest BCUT2D eigenvalue weighted by Gasteiger charge is 2.40. The van der Waals surface area contributed by atoms with Crippen molar-refractivity contribution in [2.24, 2.45) is 5.92 Å². The molecule has 4 rings (SSSR count). The lowest BCUT2D eigenvalue weighted by Gasteiger charge is -2.23. The first kappa shape index (κ1) is 22.3. The number of aromatic amines is 1. The number of aromatic nitrogens is 2. The van der Waals surface area contributed by atoms with Gasteiger partial charge in [-0.05, 0) is 42.3 Å². The van der Waals surface area contributed by atoms with E-state index in [-0.39, 0.29) is 24.3 Å². The predicted octanol–water partition coefficient (Wildman–Crippen LogP) is 3.29. The summed E-state index contributed by atoms with van der Waals surface area (Å²) in [6.45, 7) is 4.08. The summed E-state index contributed by atoms with van der Waals surface area (Å²) in [4.78, 5) is 47.2. The Kier molecular flexibility index (Phi) is 6.30. The number of imide groups is 1. The van der Waals surface area contributed by atoms with E-state index in [0.29, 0.717) is 17.3 Å². The van der Waals surface area contributed by atoms with Crippen molar-refractivity contribution < 1.29 is 19.1 Å². The number of H-pyrrole nitrogens is 1. The van der Waals surface area contributed by atoms with Crippen LogP contribution in [0.1, 0.15) is 38.6 Å². The van der Waals surface area contributed by atoms with Gasteiger partial charge in [-0.1, -0.05) is 32.4 Å². The Morgan fingerprint density at radius 2 is 1.91 bits per heavy atom. The Labute approximate surface area is 191 Å². The van der Waals surface area contributed by atoms with E-state index < -0.39 is 18.0 Å². The minimum absolute atomic E-state index is 0.110. The van der Waals surface area contributed by atoms with E-state index in [9.17, 15) is 14.4 Å². The first-order valence-electron chi connectivity index (χ1n) is 10.9. The number of ether oxygens (including phenoxy) is 1. The smallest absolute Gasteiger partial charge is 0.329 e. The van der Waals surface area contributed by atoms with E-state index >= 15 is 0 Å². The van der Waals surface area contributed by atoms with Crippen LogP contribution in [0.3, 0.4) is 0 Å². The van der Waals surface area contributed by atoms with Gasteiger partial charge in [-0.2, -0.15) is 0 Å². The molecule has 2 heterocycles. The van der Waals surface area contributed by atoms with Crippen molar-refractivity contribution >= 4 is 34.6 Å². The minimum atomic E-state index is -0.937.